The zero-order chi connectivity index (χ0) is 14.0. The average Bonchev–Trinajstić information content (AvgIpc) is 2.43. The van der Waals surface area contributed by atoms with Gasteiger partial charge in [0.15, 0.2) is 0 Å². The molecule has 1 aromatic carbocycles. The van der Waals surface area contributed by atoms with E-state index in [1.165, 1.54) is 32.1 Å². The minimum Gasteiger partial charge on any atom is -0.497 e. The maximum atomic E-state index is 6.45. The second-order valence-corrected chi connectivity index (χ2v) is 6.27. The molecule has 0 radical (unpaired) electrons. The lowest BCUT2D eigenvalue weighted by Gasteiger charge is -2.42. The van der Waals surface area contributed by atoms with Crippen LogP contribution < -0.4 is 15.2 Å². The molecule has 1 aliphatic heterocycles. The highest BCUT2D eigenvalue weighted by molar-refractivity contribution is 5.44. The Labute approximate surface area is 121 Å². The van der Waals surface area contributed by atoms with E-state index in [1.54, 1.807) is 7.11 Å². The van der Waals surface area contributed by atoms with E-state index in [-0.39, 0.29) is 11.6 Å². The fraction of sp³-hybridized carbons (Fsp3) is 0.647. The van der Waals surface area contributed by atoms with Gasteiger partial charge in [0.2, 0.25) is 0 Å². The number of fused-ring (bicyclic) bond motifs is 1. The summed E-state index contributed by atoms with van der Waals surface area (Å²) in [5, 5.41) is 0. The molecule has 2 aliphatic rings. The summed E-state index contributed by atoms with van der Waals surface area (Å²) in [4.78, 5) is 0. The van der Waals surface area contributed by atoms with Gasteiger partial charge in [-0.25, -0.2) is 0 Å². The Morgan fingerprint density at radius 3 is 2.55 bits per heavy atom. The molecule has 3 nitrogen and oxygen atoms in total. The molecule has 1 atom stereocenters. The predicted octanol–water partition coefficient (Wildman–Crippen LogP) is 3.96. The molecule has 1 aliphatic carbocycles. The Balaban J connectivity index is 1.88. The van der Waals surface area contributed by atoms with Crippen LogP contribution in [0.3, 0.4) is 0 Å². The van der Waals surface area contributed by atoms with Gasteiger partial charge in [-0.05, 0) is 31.7 Å². The maximum absolute atomic E-state index is 6.45. The lowest BCUT2D eigenvalue weighted by Crippen LogP contribution is -2.43. The van der Waals surface area contributed by atoms with Gasteiger partial charge < -0.3 is 15.2 Å². The number of benzene rings is 1. The van der Waals surface area contributed by atoms with Crippen molar-refractivity contribution >= 4 is 0 Å². The van der Waals surface area contributed by atoms with Gasteiger partial charge in [-0.3, -0.25) is 0 Å². The second-order valence-electron chi connectivity index (χ2n) is 6.27. The van der Waals surface area contributed by atoms with Gasteiger partial charge >= 0.3 is 0 Å². The van der Waals surface area contributed by atoms with Crippen LogP contribution in [-0.4, -0.2) is 12.7 Å². The van der Waals surface area contributed by atoms with Crippen LogP contribution in [-0.2, 0) is 0 Å². The monoisotopic (exact) mass is 275 g/mol. The Morgan fingerprint density at radius 1 is 1.15 bits per heavy atom. The summed E-state index contributed by atoms with van der Waals surface area (Å²) < 4.78 is 11.8. The van der Waals surface area contributed by atoms with Crippen LogP contribution in [0, 0.1) is 0 Å². The van der Waals surface area contributed by atoms with Crippen LogP contribution in [0.5, 0.6) is 11.5 Å². The summed E-state index contributed by atoms with van der Waals surface area (Å²) >= 11 is 0. The molecule has 0 aromatic heterocycles. The van der Waals surface area contributed by atoms with Crippen LogP contribution in [0.15, 0.2) is 18.2 Å². The molecule has 1 spiro atoms. The molecule has 2 N–H and O–H groups in total. The molecular weight excluding hydrogens is 250 g/mol. The summed E-state index contributed by atoms with van der Waals surface area (Å²) in [6.07, 6.45) is 9.75. The van der Waals surface area contributed by atoms with E-state index in [2.05, 4.69) is 6.07 Å². The third-order valence-corrected chi connectivity index (χ3v) is 4.80. The van der Waals surface area contributed by atoms with Crippen LogP contribution in [0.1, 0.15) is 63.0 Å². The van der Waals surface area contributed by atoms with Crippen LogP contribution in [0.2, 0.25) is 0 Å². The van der Waals surface area contributed by atoms with Crippen molar-refractivity contribution in [3.05, 3.63) is 23.8 Å². The van der Waals surface area contributed by atoms with E-state index in [9.17, 15) is 0 Å². The normalized spacial score (nSPS) is 25.2. The third kappa shape index (κ3) is 2.64. The van der Waals surface area contributed by atoms with Crippen molar-refractivity contribution in [1.82, 2.24) is 0 Å². The Hall–Kier alpha value is -1.22. The van der Waals surface area contributed by atoms with Gasteiger partial charge in [-0.1, -0.05) is 25.3 Å². The van der Waals surface area contributed by atoms with E-state index in [0.717, 1.165) is 36.3 Å². The minimum atomic E-state index is -0.0425. The van der Waals surface area contributed by atoms with Crippen molar-refractivity contribution in [3.63, 3.8) is 0 Å². The molecule has 20 heavy (non-hydrogen) atoms. The smallest absolute Gasteiger partial charge is 0.128 e. The Kier molecular flexibility index (Phi) is 3.88. The largest absolute Gasteiger partial charge is 0.497 e. The van der Waals surface area contributed by atoms with Gasteiger partial charge in [-0.2, -0.15) is 0 Å². The molecule has 0 saturated heterocycles. The highest BCUT2D eigenvalue weighted by Gasteiger charge is 2.39. The molecule has 0 amide bonds. The topological polar surface area (TPSA) is 44.5 Å². The van der Waals surface area contributed by atoms with Crippen molar-refractivity contribution in [2.75, 3.05) is 7.11 Å². The van der Waals surface area contributed by atoms with Crippen molar-refractivity contribution in [1.29, 1.82) is 0 Å². The quantitative estimate of drug-likeness (QED) is 0.843. The first-order chi connectivity index (χ1) is 9.72. The number of hydrogen-bond acceptors (Lipinski definition) is 3. The summed E-state index contributed by atoms with van der Waals surface area (Å²) in [5.74, 6) is 1.78. The van der Waals surface area contributed by atoms with Crippen molar-refractivity contribution in [2.24, 2.45) is 5.73 Å². The van der Waals surface area contributed by atoms with Gasteiger partial charge in [0.25, 0.3) is 0 Å². The van der Waals surface area contributed by atoms with E-state index in [1.807, 2.05) is 12.1 Å². The molecule has 110 valence electrons. The lowest BCUT2D eigenvalue weighted by molar-refractivity contribution is 0.0111. The molecule has 3 heteroatoms. The fourth-order valence-electron chi connectivity index (χ4n) is 3.68. The zero-order valence-corrected chi connectivity index (χ0v) is 12.4. The van der Waals surface area contributed by atoms with E-state index in [4.69, 9.17) is 15.2 Å². The maximum Gasteiger partial charge on any atom is 0.128 e. The van der Waals surface area contributed by atoms with Crippen molar-refractivity contribution in [2.45, 2.75) is 63.0 Å². The van der Waals surface area contributed by atoms with E-state index < -0.39 is 0 Å². The first kappa shape index (κ1) is 13.7. The molecule has 0 bridgehead atoms. The number of rotatable bonds is 1. The molecule has 0 unspecified atom stereocenters. The van der Waals surface area contributed by atoms with Crippen molar-refractivity contribution in [3.8, 4) is 11.5 Å². The van der Waals surface area contributed by atoms with Crippen molar-refractivity contribution < 1.29 is 9.47 Å². The first-order valence-electron chi connectivity index (χ1n) is 7.85. The summed E-state index contributed by atoms with van der Waals surface area (Å²) in [6, 6.07) is 6.10. The molecule has 3 rings (SSSR count). The molecular formula is C17H25NO2. The van der Waals surface area contributed by atoms with Gasteiger partial charge in [0, 0.05) is 24.1 Å². The molecule has 1 fully saturated rings. The Bertz CT molecular complexity index is 464. The van der Waals surface area contributed by atoms with Gasteiger partial charge in [0.05, 0.1) is 7.11 Å². The highest BCUT2D eigenvalue weighted by Crippen LogP contribution is 2.45. The molecule has 1 aromatic rings. The molecule has 1 saturated carbocycles. The summed E-state index contributed by atoms with van der Waals surface area (Å²) in [7, 11) is 1.69. The van der Waals surface area contributed by atoms with Gasteiger partial charge in [0.1, 0.15) is 17.1 Å². The highest BCUT2D eigenvalue weighted by atomic mass is 16.5. The first-order valence-corrected chi connectivity index (χ1v) is 7.85. The van der Waals surface area contributed by atoms with Crippen LogP contribution in [0.4, 0.5) is 0 Å². The molecule has 1 heterocycles. The predicted molar refractivity (Wildman–Crippen MR) is 80.2 cm³/mol. The van der Waals surface area contributed by atoms with E-state index in [0.29, 0.717) is 0 Å². The summed E-state index contributed by atoms with van der Waals surface area (Å²) in [6.45, 7) is 0. The summed E-state index contributed by atoms with van der Waals surface area (Å²) in [5.41, 5.74) is 7.49. The van der Waals surface area contributed by atoms with Gasteiger partial charge in [-0.15, -0.1) is 0 Å². The Morgan fingerprint density at radius 2 is 1.85 bits per heavy atom. The zero-order valence-electron chi connectivity index (χ0n) is 12.4. The van der Waals surface area contributed by atoms with Crippen LogP contribution in [0.25, 0.3) is 0 Å². The number of ether oxygens (including phenoxy) is 2. The standard InChI is InChI=1S/C17H25NO2/c1-19-13-7-8-14-15(18)12-17(20-16(14)11-13)9-5-3-2-4-6-10-17/h7-8,11,15H,2-6,9-10,12,18H2,1H3/t15-/m0/s1. The fourth-order valence-corrected chi connectivity index (χ4v) is 3.68. The number of nitrogens with two attached hydrogens (primary N) is 1. The second kappa shape index (κ2) is 5.65. The number of methoxy groups -OCH3 is 1. The van der Waals surface area contributed by atoms with Crippen LogP contribution >= 0.6 is 0 Å². The SMILES string of the molecule is COc1ccc2c(c1)OC1(CCCCCCC1)C[C@@H]2N. The minimum absolute atomic E-state index is 0.0425. The average molecular weight is 275 g/mol. The lowest BCUT2D eigenvalue weighted by atomic mass is 9.79. The van der Waals surface area contributed by atoms with E-state index >= 15 is 0 Å². The third-order valence-electron chi connectivity index (χ3n) is 4.80. The number of hydrogen-bond donors (Lipinski definition) is 1.